The molecule has 2 rings (SSSR count). The third-order valence-corrected chi connectivity index (χ3v) is 6.17. The SMILES string of the molecule is BCCCC(C)C1C(C)CC1C1CC1CCCCC. The first-order valence-corrected chi connectivity index (χ1v) is 9.19. The molecule has 0 aliphatic heterocycles. The van der Waals surface area contributed by atoms with Gasteiger partial charge in [-0.2, -0.15) is 0 Å². The molecule has 0 heterocycles. The van der Waals surface area contributed by atoms with Crippen LogP contribution in [0.15, 0.2) is 0 Å². The Kier molecular flexibility index (Phi) is 5.84. The van der Waals surface area contributed by atoms with Crippen molar-refractivity contribution < 1.29 is 0 Å². The Bertz CT molecular complexity index is 262. The van der Waals surface area contributed by atoms with Gasteiger partial charge in [-0.15, -0.1) is 0 Å². The highest BCUT2D eigenvalue weighted by molar-refractivity contribution is 6.08. The first kappa shape index (κ1) is 15.5. The summed E-state index contributed by atoms with van der Waals surface area (Å²) in [6.45, 7) is 7.37. The van der Waals surface area contributed by atoms with Gasteiger partial charge in [-0.3, -0.25) is 0 Å². The van der Waals surface area contributed by atoms with Gasteiger partial charge in [0.2, 0.25) is 0 Å². The topological polar surface area (TPSA) is 0 Å². The van der Waals surface area contributed by atoms with Crippen LogP contribution in [0.25, 0.3) is 0 Å². The van der Waals surface area contributed by atoms with Crippen LogP contribution in [0.1, 0.15) is 72.1 Å². The maximum atomic E-state index is 2.54. The summed E-state index contributed by atoms with van der Waals surface area (Å²) >= 11 is 0. The van der Waals surface area contributed by atoms with E-state index in [4.69, 9.17) is 0 Å². The Labute approximate surface area is 122 Å². The summed E-state index contributed by atoms with van der Waals surface area (Å²) < 4.78 is 0. The lowest BCUT2D eigenvalue weighted by Gasteiger charge is -2.47. The molecule has 0 N–H and O–H groups in total. The summed E-state index contributed by atoms with van der Waals surface area (Å²) in [6.07, 6.45) is 13.3. The Morgan fingerprint density at radius 1 is 1.11 bits per heavy atom. The van der Waals surface area contributed by atoms with Gasteiger partial charge in [0.1, 0.15) is 7.85 Å². The van der Waals surface area contributed by atoms with E-state index in [2.05, 4.69) is 28.6 Å². The van der Waals surface area contributed by atoms with E-state index in [1.807, 2.05) is 0 Å². The van der Waals surface area contributed by atoms with Crippen molar-refractivity contribution in [2.24, 2.45) is 35.5 Å². The Morgan fingerprint density at radius 3 is 2.53 bits per heavy atom. The second kappa shape index (κ2) is 7.18. The molecule has 2 aliphatic rings. The molecule has 0 aromatic heterocycles. The van der Waals surface area contributed by atoms with Crippen molar-refractivity contribution in [1.29, 1.82) is 0 Å². The maximum Gasteiger partial charge on any atom is 0.101 e. The summed E-state index contributed by atoms with van der Waals surface area (Å²) in [5.41, 5.74) is 0. The summed E-state index contributed by atoms with van der Waals surface area (Å²) in [5, 5.41) is 0. The van der Waals surface area contributed by atoms with Crippen molar-refractivity contribution in [3.05, 3.63) is 0 Å². The number of rotatable bonds is 9. The van der Waals surface area contributed by atoms with Crippen molar-refractivity contribution in [1.82, 2.24) is 0 Å². The van der Waals surface area contributed by atoms with Gasteiger partial charge in [-0.05, 0) is 48.3 Å². The molecule has 2 saturated carbocycles. The highest BCUT2D eigenvalue weighted by Gasteiger charge is 2.52. The van der Waals surface area contributed by atoms with E-state index in [9.17, 15) is 0 Å². The summed E-state index contributed by atoms with van der Waals surface area (Å²) in [6, 6.07) is 0. The minimum Gasteiger partial charge on any atom is -0.0810 e. The molecule has 2 fully saturated rings. The Balaban J connectivity index is 1.72. The minimum atomic E-state index is 0.991. The van der Waals surface area contributed by atoms with Crippen LogP contribution in [0.2, 0.25) is 6.32 Å². The summed E-state index contributed by atoms with van der Waals surface area (Å²) in [5.74, 6) is 6.48. The van der Waals surface area contributed by atoms with Gasteiger partial charge in [0.15, 0.2) is 0 Å². The van der Waals surface area contributed by atoms with Gasteiger partial charge in [-0.1, -0.05) is 65.6 Å². The van der Waals surface area contributed by atoms with Gasteiger partial charge in [0.25, 0.3) is 0 Å². The predicted molar refractivity (Wildman–Crippen MR) is 88.2 cm³/mol. The molecule has 0 nitrogen and oxygen atoms in total. The Morgan fingerprint density at radius 2 is 1.89 bits per heavy atom. The van der Waals surface area contributed by atoms with Crippen LogP contribution >= 0.6 is 0 Å². The molecule has 2 aliphatic carbocycles. The van der Waals surface area contributed by atoms with Gasteiger partial charge >= 0.3 is 0 Å². The van der Waals surface area contributed by atoms with Crippen LogP contribution < -0.4 is 0 Å². The standard InChI is InChI=1S/C18H35B/c1-4-5-6-9-15-12-16(15)17-11-14(3)18(17)13(2)8-7-10-19/h13-18H,4-12,19H2,1-3H3. The van der Waals surface area contributed by atoms with Gasteiger partial charge < -0.3 is 0 Å². The molecule has 19 heavy (non-hydrogen) atoms. The zero-order valence-electron chi connectivity index (χ0n) is 13.8. The van der Waals surface area contributed by atoms with E-state index >= 15 is 0 Å². The molecule has 0 aromatic rings. The summed E-state index contributed by atoms with van der Waals surface area (Å²) in [4.78, 5) is 0. The van der Waals surface area contributed by atoms with E-state index in [1.54, 1.807) is 19.3 Å². The van der Waals surface area contributed by atoms with E-state index in [0.29, 0.717) is 0 Å². The predicted octanol–water partition coefficient (Wildman–Crippen LogP) is 4.94. The van der Waals surface area contributed by atoms with Crippen LogP contribution in [-0.4, -0.2) is 7.85 Å². The average molecular weight is 262 g/mol. The molecule has 6 unspecified atom stereocenters. The average Bonchev–Trinajstić information content (AvgIpc) is 3.12. The molecule has 6 atom stereocenters. The zero-order valence-corrected chi connectivity index (χ0v) is 13.8. The van der Waals surface area contributed by atoms with E-state index in [-0.39, 0.29) is 0 Å². The zero-order chi connectivity index (χ0) is 13.8. The molecular weight excluding hydrogens is 227 g/mol. The van der Waals surface area contributed by atoms with E-state index in [1.165, 1.54) is 38.4 Å². The van der Waals surface area contributed by atoms with E-state index < -0.39 is 0 Å². The Hall–Kier alpha value is 0.0649. The van der Waals surface area contributed by atoms with Crippen LogP contribution in [-0.2, 0) is 0 Å². The van der Waals surface area contributed by atoms with Gasteiger partial charge in [0, 0.05) is 0 Å². The van der Waals surface area contributed by atoms with Crippen LogP contribution in [0.5, 0.6) is 0 Å². The first-order chi connectivity index (χ1) is 9.19. The number of unbranched alkanes of at least 4 members (excludes halogenated alkanes) is 2. The smallest absolute Gasteiger partial charge is 0.0810 e. The van der Waals surface area contributed by atoms with Crippen molar-refractivity contribution in [2.45, 2.75) is 78.5 Å². The first-order valence-electron chi connectivity index (χ1n) is 9.19. The molecule has 0 spiro atoms. The van der Waals surface area contributed by atoms with Gasteiger partial charge in [0.05, 0.1) is 0 Å². The molecule has 0 bridgehead atoms. The highest BCUT2D eigenvalue weighted by Crippen LogP contribution is 2.60. The van der Waals surface area contributed by atoms with Crippen LogP contribution in [0.4, 0.5) is 0 Å². The van der Waals surface area contributed by atoms with Crippen LogP contribution in [0.3, 0.4) is 0 Å². The lowest BCUT2D eigenvalue weighted by molar-refractivity contribution is 0.0135. The lowest BCUT2D eigenvalue weighted by Crippen LogP contribution is -2.41. The van der Waals surface area contributed by atoms with Crippen LogP contribution in [0, 0.1) is 35.5 Å². The molecular formula is C18H35B. The fraction of sp³-hybridized carbons (Fsp3) is 1.00. The molecule has 0 saturated heterocycles. The summed E-state index contributed by atoms with van der Waals surface area (Å²) in [7, 11) is 2.33. The van der Waals surface area contributed by atoms with Crippen molar-refractivity contribution in [3.8, 4) is 0 Å². The van der Waals surface area contributed by atoms with Gasteiger partial charge in [-0.25, -0.2) is 0 Å². The minimum absolute atomic E-state index is 0.991. The largest absolute Gasteiger partial charge is 0.101 e. The molecule has 0 radical (unpaired) electrons. The molecule has 0 aromatic carbocycles. The normalized spacial score (nSPS) is 38.8. The fourth-order valence-electron chi connectivity index (χ4n) is 4.92. The maximum absolute atomic E-state index is 2.54. The molecule has 110 valence electrons. The van der Waals surface area contributed by atoms with Crippen molar-refractivity contribution in [3.63, 3.8) is 0 Å². The third-order valence-electron chi connectivity index (χ3n) is 6.17. The second-order valence-electron chi connectivity index (χ2n) is 7.73. The molecule has 1 heteroatoms. The number of hydrogen-bond acceptors (Lipinski definition) is 0. The monoisotopic (exact) mass is 262 g/mol. The fourth-order valence-corrected chi connectivity index (χ4v) is 4.92. The molecule has 0 amide bonds. The lowest BCUT2D eigenvalue weighted by atomic mass is 9.58. The third kappa shape index (κ3) is 3.79. The van der Waals surface area contributed by atoms with Crippen molar-refractivity contribution >= 4 is 7.85 Å². The van der Waals surface area contributed by atoms with Crippen molar-refractivity contribution in [2.75, 3.05) is 0 Å². The second-order valence-corrected chi connectivity index (χ2v) is 7.73. The highest BCUT2D eigenvalue weighted by atomic mass is 14.6. The quantitative estimate of drug-likeness (QED) is 0.407. The van der Waals surface area contributed by atoms with E-state index in [0.717, 1.165) is 35.5 Å². The number of hydrogen-bond donors (Lipinski definition) is 0.